The number of piperazine rings is 1. The van der Waals surface area contributed by atoms with Gasteiger partial charge in [-0.15, -0.1) is 0 Å². The fourth-order valence-electron chi connectivity index (χ4n) is 2.61. The highest BCUT2D eigenvalue weighted by Crippen LogP contribution is 2.25. The van der Waals surface area contributed by atoms with Crippen LogP contribution in [0.25, 0.3) is 0 Å². The Morgan fingerprint density at radius 1 is 1.47 bits per heavy atom. The predicted molar refractivity (Wildman–Crippen MR) is 56.2 cm³/mol. The van der Waals surface area contributed by atoms with Crippen molar-refractivity contribution in [3.63, 3.8) is 0 Å². The number of nitrogens with zero attached hydrogens (tertiary/aromatic N) is 1. The van der Waals surface area contributed by atoms with Crippen LogP contribution >= 0.6 is 0 Å². The molecule has 1 N–H and O–H groups in total. The molecule has 2 atom stereocenters. The number of carbonyl (C=O) groups excluding carboxylic acids is 2. The number of amides is 2. The Morgan fingerprint density at radius 3 is 3.00 bits per heavy atom. The lowest BCUT2D eigenvalue weighted by Crippen LogP contribution is -2.63. The Labute approximate surface area is 90.0 Å². The topological polar surface area (TPSA) is 49.4 Å². The second-order valence-corrected chi connectivity index (χ2v) is 4.40. The molecular weight excluding hydrogens is 192 g/mol. The highest BCUT2D eigenvalue weighted by Gasteiger charge is 2.40. The lowest BCUT2D eigenvalue weighted by atomic mass is 9.94. The van der Waals surface area contributed by atoms with E-state index in [-0.39, 0.29) is 23.9 Å². The van der Waals surface area contributed by atoms with Crippen LogP contribution in [0.5, 0.6) is 0 Å². The van der Waals surface area contributed by atoms with Crippen LogP contribution in [0.15, 0.2) is 0 Å². The van der Waals surface area contributed by atoms with E-state index in [4.69, 9.17) is 0 Å². The maximum atomic E-state index is 11.8. The third-order valence-electron chi connectivity index (χ3n) is 3.32. The largest absolute Gasteiger partial charge is 0.352 e. The van der Waals surface area contributed by atoms with Gasteiger partial charge in [-0.05, 0) is 19.3 Å². The number of carbonyl (C=O) groups is 2. The van der Waals surface area contributed by atoms with Crippen LogP contribution in [-0.2, 0) is 9.59 Å². The highest BCUT2D eigenvalue weighted by molar-refractivity contribution is 5.90. The number of nitrogens with one attached hydrogen (secondary N) is 1. The molecular formula is C11H18N2O2. The van der Waals surface area contributed by atoms with Gasteiger partial charge in [-0.3, -0.25) is 9.59 Å². The predicted octanol–water partition coefficient (Wildman–Crippen LogP) is 0.666. The van der Waals surface area contributed by atoms with Crippen molar-refractivity contribution in [1.29, 1.82) is 0 Å². The van der Waals surface area contributed by atoms with Crippen molar-refractivity contribution in [2.75, 3.05) is 6.54 Å². The van der Waals surface area contributed by atoms with Gasteiger partial charge in [0.15, 0.2) is 0 Å². The summed E-state index contributed by atoms with van der Waals surface area (Å²) in [6, 6.07) is 0.0436. The third kappa shape index (κ3) is 1.85. The molecule has 0 aromatic rings. The van der Waals surface area contributed by atoms with Gasteiger partial charge in [-0.2, -0.15) is 0 Å². The van der Waals surface area contributed by atoms with E-state index in [9.17, 15) is 9.59 Å². The molecule has 84 valence electrons. The van der Waals surface area contributed by atoms with Crippen molar-refractivity contribution in [2.24, 2.45) is 0 Å². The molecule has 0 aromatic carbocycles. The third-order valence-corrected chi connectivity index (χ3v) is 3.32. The summed E-state index contributed by atoms with van der Waals surface area (Å²) >= 11 is 0. The number of piperidine rings is 1. The minimum Gasteiger partial charge on any atom is -0.352 e. The van der Waals surface area contributed by atoms with E-state index in [1.165, 1.54) is 0 Å². The van der Waals surface area contributed by atoms with Gasteiger partial charge in [0.1, 0.15) is 6.04 Å². The van der Waals surface area contributed by atoms with Gasteiger partial charge in [0, 0.05) is 19.0 Å². The van der Waals surface area contributed by atoms with E-state index in [1.54, 1.807) is 0 Å². The van der Waals surface area contributed by atoms with Crippen LogP contribution in [0, 0.1) is 0 Å². The normalized spacial score (nSPS) is 31.1. The van der Waals surface area contributed by atoms with Crippen molar-refractivity contribution in [1.82, 2.24) is 10.2 Å². The van der Waals surface area contributed by atoms with Crippen molar-refractivity contribution in [3.8, 4) is 0 Å². The number of fused-ring (bicyclic) bond motifs is 1. The summed E-state index contributed by atoms with van der Waals surface area (Å²) in [6.45, 7) is 2.74. The van der Waals surface area contributed by atoms with E-state index in [1.807, 2.05) is 4.90 Å². The van der Waals surface area contributed by atoms with Gasteiger partial charge in [-0.1, -0.05) is 13.3 Å². The molecule has 15 heavy (non-hydrogen) atoms. The molecule has 2 saturated heterocycles. The molecule has 2 aliphatic heterocycles. The summed E-state index contributed by atoms with van der Waals surface area (Å²) < 4.78 is 0. The van der Waals surface area contributed by atoms with Gasteiger partial charge in [-0.25, -0.2) is 0 Å². The first-order valence-electron chi connectivity index (χ1n) is 5.83. The summed E-state index contributed by atoms with van der Waals surface area (Å²) in [5, 5.41) is 2.90. The summed E-state index contributed by atoms with van der Waals surface area (Å²) in [5.74, 6) is 0.204. The first-order valence-corrected chi connectivity index (χ1v) is 5.83. The Hall–Kier alpha value is -1.06. The smallest absolute Gasteiger partial charge is 0.242 e. The Bertz CT molecular complexity index is 278. The quantitative estimate of drug-likeness (QED) is 0.728. The summed E-state index contributed by atoms with van der Waals surface area (Å²) in [6.07, 6.45) is 4.34. The number of hydrogen-bond donors (Lipinski definition) is 1. The van der Waals surface area contributed by atoms with Crippen molar-refractivity contribution in [2.45, 2.75) is 51.1 Å². The van der Waals surface area contributed by atoms with Gasteiger partial charge in [0.25, 0.3) is 0 Å². The van der Waals surface area contributed by atoms with Crippen molar-refractivity contribution in [3.05, 3.63) is 0 Å². The molecule has 2 aliphatic rings. The van der Waals surface area contributed by atoms with Gasteiger partial charge >= 0.3 is 0 Å². The average molecular weight is 210 g/mol. The minimum atomic E-state index is -0.184. The molecule has 0 spiro atoms. The molecule has 2 heterocycles. The minimum absolute atomic E-state index is 0.0374. The SMILES string of the molecule is CCCC1CNC(=O)C2CCCC(=O)N12. The highest BCUT2D eigenvalue weighted by atomic mass is 16.2. The Morgan fingerprint density at radius 2 is 2.27 bits per heavy atom. The molecule has 0 radical (unpaired) electrons. The zero-order valence-corrected chi connectivity index (χ0v) is 9.16. The van der Waals surface area contributed by atoms with Crippen LogP contribution in [0.3, 0.4) is 0 Å². The number of rotatable bonds is 2. The van der Waals surface area contributed by atoms with E-state index in [2.05, 4.69) is 12.2 Å². The molecule has 0 saturated carbocycles. The molecule has 2 amide bonds. The van der Waals surface area contributed by atoms with Crippen LogP contribution in [0.2, 0.25) is 0 Å². The van der Waals surface area contributed by atoms with E-state index < -0.39 is 0 Å². The monoisotopic (exact) mass is 210 g/mol. The average Bonchev–Trinajstić information content (AvgIpc) is 2.23. The van der Waals surface area contributed by atoms with Crippen molar-refractivity contribution < 1.29 is 9.59 Å². The lowest BCUT2D eigenvalue weighted by molar-refractivity contribution is -0.150. The van der Waals surface area contributed by atoms with Crippen LogP contribution in [0.4, 0.5) is 0 Å². The fourth-order valence-corrected chi connectivity index (χ4v) is 2.61. The summed E-state index contributed by atoms with van der Waals surface area (Å²) in [4.78, 5) is 25.3. The van der Waals surface area contributed by atoms with Crippen molar-refractivity contribution >= 4 is 11.8 Å². The van der Waals surface area contributed by atoms with Crippen LogP contribution in [0.1, 0.15) is 39.0 Å². The molecule has 4 nitrogen and oxygen atoms in total. The maximum Gasteiger partial charge on any atom is 0.242 e. The second kappa shape index (κ2) is 4.21. The molecule has 2 rings (SSSR count). The van der Waals surface area contributed by atoms with E-state index in [0.29, 0.717) is 13.0 Å². The van der Waals surface area contributed by atoms with Gasteiger partial charge < -0.3 is 10.2 Å². The molecule has 0 aromatic heterocycles. The molecule has 2 unspecified atom stereocenters. The Balaban J connectivity index is 2.16. The summed E-state index contributed by atoms with van der Waals surface area (Å²) in [7, 11) is 0. The van der Waals surface area contributed by atoms with Crippen LogP contribution in [-0.4, -0.2) is 35.3 Å². The standard InChI is InChI=1S/C11H18N2O2/c1-2-4-8-7-12-11(15)9-5-3-6-10(14)13(8)9/h8-9H,2-7H2,1H3,(H,12,15). The molecule has 4 heteroatoms. The fraction of sp³-hybridized carbons (Fsp3) is 0.818. The second-order valence-electron chi connectivity index (χ2n) is 4.40. The molecule has 0 bridgehead atoms. The zero-order chi connectivity index (χ0) is 10.8. The van der Waals surface area contributed by atoms with E-state index in [0.717, 1.165) is 25.7 Å². The Kier molecular flexibility index (Phi) is 2.93. The van der Waals surface area contributed by atoms with Gasteiger partial charge in [0.05, 0.1) is 0 Å². The number of hydrogen-bond acceptors (Lipinski definition) is 2. The molecule has 0 aliphatic carbocycles. The summed E-state index contributed by atoms with van der Waals surface area (Å²) in [5.41, 5.74) is 0. The first-order chi connectivity index (χ1) is 7.24. The lowest BCUT2D eigenvalue weighted by Gasteiger charge is -2.44. The van der Waals surface area contributed by atoms with Crippen LogP contribution < -0.4 is 5.32 Å². The van der Waals surface area contributed by atoms with E-state index >= 15 is 0 Å². The van der Waals surface area contributed by atoms with Gasteiger partial charge in [0.2, 0.25) is 11.8 Å². The zero-order valence-electron chi connectivity index (χ0n) is 9.16. The first kappa shape index (κ1) is 10.5. The molecule has 2 fully saturated rings. The maximum absolute atomic E-state index is 11.8.